The van der Waals surface area contributed by atoms with Crippen LogP contribution >= 0.6 is 0 Å². The zero-order valence-corrected chi connectivity index (χ0v) is 10.6. The highest BCUT2D eigenvalue weighted by atomic mass is 16.5. The van der Waals surface area contributed by atoms with Gasteiger partial charge in [-0.05, 0) is 5.92 Å². The third-order valence-corrected chi connectivity index (χ3v) is 2.46. The molecule has 0 aromatic rings. The maximum atomic E-state index is 11.4. The molecule has 0 aromatic carbocycles. The van der Waals surface area contributed by atoms with Gasteiger partial charge in [0.1, 0.15) is 12.6 Å². The summed E-state index contributed by atoms with van der Waals surface area (Å²) in [6, 6.07) is -0.862. The SMILES string of the molecule is CCC(C)[C@H](NC(=O)COCCOC)C(=O)O. The normalized spacial score (nSPS) is 14.1. The number of carbonyl (C=O) groups excluding carboxylic acids is 1. The van der Waals surface area contributed by atoms with E-state index in [1.165, 1.54) is 7.11 Å². The molecule has 2 atom stereocenters. The number of nitrogens with one attached hydrogen (secondary N) is 1. The first-order valence-electron chi connectivity index (χ1n) is 5.61. The molecule has 0 spiro atoms. The van der Waals surface area contributed by atoms with Gasteiger partial charge in [0.2, 0.25) is 5.91 Å². The van der Waals surface area contributed by atoms with Crippen molar-refractivity contribution in [2.75, 3.05) is 26.9 Å². The molecule has 0 aromatic heterocycles. The maximum Gasteiger partial charge on any atom is 0.326 e. The summed E-state index contributed by atoms with van der Waals surface area (Å²) in [6.07, 6.45) is 0.682. The Hall–Kier alpha value is -1.14. The van der Waals surface area contributed by atoms with E-state index in [0.29, 0.717) is 19.6 Å². The lowest BCUT2D eigenvalue weighted by atomic mass is 9.99. The van der Waals surface area contributed by atoms with E-state index in [1.54, 1.807) is 6.92 Å². The molecule has 0 saturated heterocycles. The molecule has 1 unspecified atom stereocenters. The third-order valence-electron chi connectivity index (χ3n) is 2.46. The molecule has 17 heavy (non-hydrogen) atoms. The fourth-order valence-electron chi connectivity index (χ4n) is 1.21. The second-order valence-electron chi connectivity index (χ2n) is 3.81. The molecule has 0 aliphatic carbocycles. The molecular weight excluding hydrogens is 226 g/mol. The Bertz CT molecular complexity index is 244. The van der Waals surface area contributed by atoms with Gasteiger partial charge in [0, 0.05) is 7.11 Å². The summed E-state index contributed by atoms with van der Waals surface area (Å²) in [6.45, 7) is 4.22. The van der Waals surface area contributed by atoms with Crippen LogP contribution in [-0.2, 0) is 19.1 Å². The molecule has 0 fully saturated rings. The molecule has 2 N–H and O–H groups in total. The third kappa shape index (κ3) is 6.91. The molecule has 0 rings (SSSR count). The summed E-state index contributed by atoms with van der Waals surface area (Å²) in [5.41, 5.74) is 0. The number of rotatable bonds is 9. The van der Waals surface area contributed by atoms with E-state index in [-0.39, 0.29) is 12.5 Å². The van der Waals surface area contributed by atoms with Crippen LogP contribution in [0.25, 0.3) is 0 Å². The van der Waals surface area contributed by atoms with Gasteiger partial charge in [-0.3, -0.25) is 4.79 Å². The van der Waals surface area contributed by atoms with Crippen molar-refractivity contribution in [2.45, 2.75) is 26.3 Å². The molecule has 0 radical (unpaired) electrons. The summed E-state index contributed by atoms with van der Waals surface area (Å²) >= 11 is 0. The Labute approximate surface area is 101 Å². The van der Waals surface area contributed by atoms with Crippen molar-refractivity contribution >= 4 is 11.9 Å². The van der Waals surface area contributed by atoms with Crippen molar-refractivity contribution in [3.8, 4) is 0 Å². The topological polar surface area (TPSA) is 84.9 Å². The molecule has 1 amide bonds. The standard InChI is InChI=1S/C11H21NO5/c1-4-8(2)10(11(14)15)12-9(13)7-17-6-5-16-3/h8,10H,4-7H2,1-3H3,(H,12,13)(H,14,15)/t8?,10-/m0/s1. The number of carboxylic acid groups (broad SMARTS) is 1. The minimum absolute atomic E-state index is 0.115. The summed E-state index contributed by atoms with van der Waals surface area (Å²) in [4.78, 5) is 22.3. The van der Waals surface area contributed by atoms with Crippen molar-refractivity contribution in [1.29, 1.82) is 0 Å². The first kappa shape index (κ1) is 15.9. The maximum absolute atomic E-state index is 11.4. The van der Waals surface area contributed by atoms with Crippen LogP contribution < -0.4 is 5.32 Å². The molecule has 0 bridgehead atoms. The lowest BCUT2D eigenvalue weighted by Gasteiger charge is -2.20. The van der Waals surface area contributed by atoms with Gasteiger partial charge in [-0.25, -0.2) is 4.79 Å². The van der Waals surface area contributed by atoms with E-state index in [0.717, 1.165) is 0 Å². The van der Waals surface area contributed by atoms with Gasteiger partial charge in [0.05, 0.1) is 13.2 Å². The van der Waals surface area contributed by atoms with Gasteiger partial charge in [-0.2, -0.15) is 0 Å². The van der Waals surface area contributed by atoms with Crippen molar-refractivity contribution in [1.82, 2.24) is 5.32 Å². The van der Waals surface area contributed by atoms with Gasteiger partial charge < -0.3 is 19.9 Å². The van der Waals surface area contributed by atoms with Gasteiger partial charge in [0.15, 0.2) is 0 Å². The number of carboxylic acids is 1. The first-order valence-corrected chi connectivity index (χ1v) is 5.61. The van der Waals surface area contributed by atoms with Crippen LogP contribution in [0.15, 0.2) is 0 Å². The van der Waals surface area contributed by atoms with Crippen molar-refractivity contribution in [3.05, 3.63) is 0 Å². The Balaban J connectivity index is 4.00. The Morgan fingerprint density at radius 1 is 1.35 bits per heavy atom. The Morgan fingerprint density at radius 2 is 2.00 bits per heavy atom. The quantitative estimate of drug-likeness (QED) is 0.571. The van der Waals surface area contributed by atoms with Gasteiger partial charge in [0.25, 0.3) is 0 Å². The average Bonchev–Trinajstić information content (AvgIpc) is 2.30. The number of hydrogen-bond acceptors (Lipinski definition) is 4. The van der Waals surface area contributed by atoms with Crippen LogP contribution in [0, 0.1) is 5.92 Å². The fourth-order valence-corrected chi connectivity index (χ4v) is 1.21. The summed E-state index contributed by atoms with van der Waals surface area (Å²) in [5, 5.41) is 11.4. The number of amides is 1. The van der Waals surface area contributed by atoms with Crippen molar-refractivity contribution < 1.29 is 24.2 Å². The predicted molar refractivity (Wildman–Crippen MR) is 61.7 cm³/mol. The number of methoxy groups -OCH3 is 1. The second-order valence-corrected chi connectivity index (χ2v) is 3.81. The van der Waals surface area contributed by atoms with E-state index in [9.17, 15) is 9.59 Å². The molecular formula is C11H21NO5. The van der Waals surface area contributed by atoms with E-state index >= 15 is 0 Å². The molecule has 6 nitrogen and oxygen atoms in total. The second kappa shape index (κ2) is 8.95. The molecule has 0 aliphatic heterocycles. The van der Waals surface area contributed by atoms with Crippen molar-refractivity contribution in [2.24, 2.45) is 5.92 Å². The van der Waals surface area contributed by atoms with Crippen LogP contribution in [0.5, 0.6) is 0 Å². The monoisotopic (exact) mass is 247 g/mol. The zero-order valence-electron chi connectivity index (χ0n) is 10.6. The van der Waals surface area contributed by atoms with Gasteiger partial charge >= 0.3 is 5.97 Å². The number of hydrogen-bond donors (Lipinski definition) is 2. The number of carbonyl (C=O) groups is 2. The Kier molecular flexibility index (Phi) is 8.35. The van der Waals surface area contributed by atoms with E-state index in [4.69, 9.17) is 14.6 Å². The van der Waals surface area contributed by atoms with Crippen LogP contribution in [0.1, 0.15) is 20.3 Å². The molecule has 100 valence electrons. The summed E-state index contributed by atoms with van der Waals surface area (Å²) in [5.74, 6) is -1.56. The van der Waals surface area contributed by atoms with E-state index in [1.807, 2.05) is 6.92 Å². The van der Waals surface area contributed by atoms with Crippen LogP contribution in [-0.4, -0.2) is 50.0 Å². The molecule has 0 heterocycles. The smallest absolute Gasteiger partial charge is 0.326 e. The summed E-state index contributed by atoms with van der Waals surface area (Å²) in [7, 11) is 1.53. The first-order chi connectivity index (χ1) is 8.02. The highest BCUT2D eigenvalue weighted by Gasteiger charge is 2.24. The molecule has 0 saturated carbocycles. The summed E-state index contributed by atoms with van der Waals surface area (Å²) < 4.78 is 9.75. The number of aliphatic carboxylic acids is 1. The lowest BCUT2D eigenvalue weighted by Crippen LogP contribution is -2.46. The lowest BCUT2D eigenvalue weighted by molar-refractivity contribution is -0.144. The van der Waals surface area contributed by atoms with E-state index < -0.39 is 17.9 Å². The average molecular weight is 247 g/mol. The Morgan fingerprint density at radius 3 is 2.47 bits per heavy atom. The van der Waals surface area contributed by atoms with Crippen LogP contribution in [0.3, 0.4) is 0 Å². The van der Waals surface area contributed by atoms with Crippen molar-refractivity contribution in [3.63, 3.8) is 0 Å². The van der Waals surface area contributed by atoms with Gasteiger partial charge in [-0.15, -0.1) is 0 Å². The minimum Gasteiger partial charge on any atom is -0.480 e. The molecule has 0 aliphatic rings. The highest BCUT2D eigenvalue weighted by molar-refractivity contribution is 5.84. The van der Waals surface area contributed by atoms with Crippen LogP contribution in [0.4, 0.5) is 0 Å². The van der Waals surface area contributed by atoms with Crippen LogP contribution in [0.2, 0.25) is 0 Å². The van der Waals surface area contributed by atoms with E-state index in [2.05, 4.69) is 5.32 Å². The highest BCUT2D eigenvalue weighted by Crippen LogP contribution is 2.07. The largest absolute Gasteiger partial charge is 0.480 e. The fraction of sp³-hybridized carbons (Fsp3) is 0.818. The predicted octanol–water partition coefficient (Wildman–Crippen LogP) is 0.265. The molecule has 6 heteroatoms. The number of ether oxygens (including phenoxy) is 2. The minimum atomic E-state index is -1.02. The van der Waals surface area contributed by atoms with Gasteiger partial charge in [-0.1, -0.05) is 20.3 Å². The zero-order chi connectivity index (χ0) is 13.3.